The molecule has 0 bridgehead atoms. The summed E-state index contributed by atoms with van der Waals surface area (Å²) in [5.74, 6) is 0.673. The van der Waals surface area contributed by atoms with Crippen molar-refractivity contribution in [3.8, 4) is 5.75 Å². The van der Waals surface area contributed by atoms with E-state index in [2.05, 4.69) is 31.2 Å². The standard InChI is InChI=1S/C17H20ClNO/c1-2-5-13-8-10-14(11-9-13)16(19)12-20-17-7-4-3-6-15(17)18/h3-4,6-11,16H,2,5,12,19H2,1H3. The van der Waals surface area contributed by atoms with Crippen molar-refractivity contribution in [2.24, 2.45) is 5.73 Å². The number of para-hydroxylation sites is 1. The zero-order valence-electron chi connectivity index (χ0n) is 11.7. The van der Waals surface area contributed by atoms with Gasteiger partial charge in [-0.05, 0) is 29.7 Å². The molecule has 1 atom stereocenters. The second-order valence-electron chi connectivity index (χ2n) is 4.84. The molecule has 1 unspecified atom stereocenters. The van der Waals surface area contributed by atoms with Crippen LogP contribution in [0.4, 0.5) is 0 Å². The van der Waals surface area contributed by atoms with E-state index < -0.39 is 0 Å². The predicted molar refractivity (Wildman–Crippen MR) is 84.3 cm³/mol. The fraction of sp³-hybridized carbons (Fsp3) is 0.294. The molecule has 0 spiro atoms. The van der Waals surface area contributed by atoms with Gasteiger partial charge in [-0.2, -0.15) is 0 Å². The van der Waals surface area contributed by atoms with Gasteiger partial charge in [-0.15, -0.1) is 0 Å². The largest absolute Gasteiger partial charge is 0.490 e. The monoisotopic (exact) mass is 289 g/mol. The molecule has 20 heavy (non-hydrogen) atoms. The van der Waals surface area contributed by atoms with Crippen LogP contribution in [-0.2, 0) is 6.42 Å². The topological polar surface area (TPSA) is 35.2 Å². The Kier molecular flexibility index (Phi) is 5.45. The van der Waals surface area contributed by atoms with E-state index in [0.29, 0.717) is 17.4 Å². The summed E-state index contributed by atoms with van der Waals surface area (Å²) < 4.78 is 5.67. The van der Waals surface area contributed by atoms with Crippen molar-refractivity contribution in [1.29, 1.82) is 0 Å². The first-order valence-electron chi connectivity index (χ1n) is 6.92. The average molecular weight is 290 g/mol. The maximum Gasteiger partial charge on any atom is 0.137 e. The molecule has 0 aromatic heterocycles. The Labute approximate surface area is 125 Å². The molecule has 106 valence electrons. The van der Waals surface area contributed by atoms with Gasteiger partial charge in [0.05, 0.1) is 11.1 Å². The highest BCUT2D eigenvalue weighted by molar-refractivity contribution is 6.32. The van der Waals surface area contributed by atoms with Crippen LogP contribution in [0, 0.1) is 0 Å². The van der Waals surface area contributed by atoms with Crippen molar-refractivity contribution in [2.45, 2.75) is 25.8 Å². The molecule has 2 rings (SSSR count). The molecule has 0 fully saturated rings. The molecular formula is C17H20ClNO. The minimum atomic E-state index is -0.151. The van der Waals surface area contributed by atoms with Crippen LogP contribution in [-0.4, -0.2) is 6.61 Å². The van der Waals surface area contributed by atoms with Crippen molar-refractivity contribution in [3.05, 3.63) is 64.7 Å². The number of benzene rings is 2. The summed E-state index contributed by atoms with van der Waals surface area (Å²) in [7, 11) is 0. The van der Waals surface area contributed by atoms with Gasteiger partial charge in [0.2, 0.25) is 0 Å². The highest BCUT2D eigenvalue weighted by Gasteiger charge is 2.08. The number of hydrogen-bond acceptors (Lipinski definition) is 2. The second-order valence-corrected chi connectivity index (χ2v) is 5.25. The number of nitrogens with two attached hydrogens (primary N) is 1. The van der Waals surface area contributed by atoms with Crippen LogP contribution in [0.2, 0.25) is 5.02 Å². The number of rotatable bonds is 6. The minimum Gasteiger partial charge on any atom is -0.490 e. The molecule has 2 N–H and O–H groups in total. The summed E-state index contributed by atoms with van der Waals surface area (Å²) in [6, 6.07) is 15.7. The molecule has 0 saturated carbocycles. The smallest absolute Gasteiger partial charge is 0.137 e. The Balaban J connectivity index is 1.94. The highest BCUT2D eigenvalue weighted by Crippen LogP contribution is 2.24. The number of hydrogen-bond donors (Lipinski definition) is 1. The maximum atomic E-state index is 6.15. The molecule has 0 radical (unpaired) electrons. The quantitative estimate of drug-likeness (QED) is 0.857. The third kappa shape index (κ3) is 3.99. The maximum absolute atomic E-state index is 6.15. The summed E-state index contributed by atoms with van der Waals surface area (Å²) in [5, 5.41) is 0.609. The lowest BCUT2D eigenvalue weighted by molar-refractivity contribution is 0.291. The molecule has 0 aliphatic carbocycles. The zero-order chi connectivity index (χ0) is 14.4. The van der Waals surface area contributed by atoms with Gasteiger partial charge >= 0.3 is 0 Å². The fourth-order valence-electron chi connectivity index (χ4n) is 2.06. The summed E-state index contributed by atoms with van der Waals surface area (Å²) >= 11 is 6.04. The zero-order valence-corrected chi connectivity index (χ0v) is 12.4. The Morgan fingerprint density at radius 2 is 1.80 bits per heavy atom. The van der Waals surface area contributed by atoms with Crippen molar-refractivity contribution in [1.82, 2.24) is 0 Å². The van der Waals surface area contributed by atoms with Crippen LogP contribution in [0.15, 0.2) is 48.5 Å². The van der Waals surface area contributed by atoms with E-state index in [0.717, 1.165) is 18.4 Å². The van der Waals surface area contributed by atoms with Crippen molar-refractivity contribution < 1.29 is 4.74 Å². The summed E-state index contributed by atoms with van der Waals surface area (Å²) in [6.45, 7) is 2.59. The molecule has 2 aromatic carbocycles. The summed E-state index contributed by atoms with van der Waals surface area (Å²) in [5.41, 5.74) is 8.57. The lowest BCUT2D eigenvalue weighted by atomic mass is 10.0. The van der Waals surface area contributed by atoms with Gasteiger partial charge in [-0.25, -0.2) is 0 Å². The third-order valence-corrected chi connectivity index (χ3v) is 3.51. The molecule has 0 heterocycles. The van der Waals surface area contributed by atoms with E-state index in [1.54, 1.807) is 0 Å². The Morgan fingerprint density at radius 1 is 1.10 bits per heavy atom. The number of aryl methyl sites for hydroxylation is 1. The van der Waals surface area contributed by atoms with E-state index in [4.69, 9.17) is 22.1 Å². The predicted octanol–water partition coefficient (Wildman–Crippen LogP) is 4.37. The van der Waals surface area contributed by atoms with E-state index in [1.807, 2.05) is 24.3 Å². The second kappa shape index (κ2) is 7.32. The Hall–Kier alpha value is -1.51. The average Bonchev–Trinajstić information content (AvgIpc) is 2.47. The van der Waals surface area contributed by atoms with Gasteiger partial charge in [0.1, 0.15) is 12.4 Å². The molecule has 0 aliphatic rings. The van der Waals surface area contributed by atoms with Gasteiger partial charge in [0, 0.05) is 0 Å². The lowest BCUT2D eigenvalue weighted by Gasteiger charge is -2.14. The Bertz CT molecular complexity index is 539. The molecule has 2 nitrogen and oxygen atoms in total. The van der Waals surface area contributed by atoms with Crippen LogP contribution in [0.25, 0.3) is 0 Å². The molecule has 2 aromatic rings. The van der Waals surface area contributed by atoms with Gasteiger partial charge in [-0.3, -0.25) is 0 Å². The van der Waals surface area contributed by atoms with Crippen molar-refractivity contribution in [2.75, 3.05) is 6.61 Å². The van der Waals surface area contributed by atoms with Crippen molar-refractivity contribution in [3.63, 3.8) is 0 Å². The van der Waals surface area contributed by atoms with E-state index >= 15 is 0 Å². The van der Waals surface area contributed by atoms with Crippen molar-refractivity contribution >= 4 is 11.6 Å². The summed E-state index contributed by atoms with van der Waals surface area (Å²) in [6.07, 6.45) is 2.26. The SMILES string of the molecule is CCCc1ccc(C(N)COc2ccccc2Cl)cc1. The molecule has 0 aliphatic heterocycles. The van der Waals surface area contributed by atoms with Gasteiger partial charge in [0.15, 0.2) is 0 Å². The molecule has 0 saturated heterocycles. The summed E-state index contributed by atoms with van der Waals surface area (Å²) in [4.78, 5) is 0. The lowest BCUT2D eigenvalue weighted by Crippen LogP contribution is -2.19. The van der Waals surface area contributed by atoms with Crippen LogP contribution in [0.5, 0.6) is 5.75 Å². The number of halogens is 1. The van der Waals surface area contributed by atoms with E-state index in [1.165, 1.54) is 5.56 Å². The van der Waals surface area contributed by atoms with Crippen LogP contribution < -0.4 is 10.5 Å². The fourth-order valence-corrected chi connectivity index (χ4v) is 2.25. The number of ether oxygens (including phenoxy) is 1. The van der Waals surface area contributed by atoms with E-state index in [-0.39, 0.29) is 6.04 Å². The van der Waals surface area contributed by atoms with Crippen LogP contribution in [0.3, 0.4) is 0 Å². The first-order chi connectivity index (χ1) is 9.70. The minimum absolute atomic E-state index is 0.151. The van der Waals surface area contributed by atoms with Crippen LogP contribution in [0.1, 0.15) is 30.5 Å². The van der Waals surface area contributed by atoms with Gasteiger partial charge in [-0.1, -0.05) is 61.3 Å². The normalized spacial score (nSPS) is 12.2. The Morgan fingerprint density at radius 3 is 2.45 bits per heavy atom. The molecule has 3 heteroatoms. The van der Waals surface area contributed by atoms with Crippen LogP contribution >= 0.6 is 11.6 Å². The highest BCUT2D eigenvalue weighted by atomic mass is 35.5. The molecular weight excluding hydrogens is 270 g/mol. The van der Waals surface area contributed by atoms with Gasteiger partial charge < -0.3 is 10.5 Å². The van der Waals surface area contributed by atoms with E-state index in [9.17, 15) is 0 Å². The van der Waals surface area contributed by atoms with Gasteiger partial charge in [0.25, 0.3) is 0 Å². The first kappa shape index (κ1) is 14.9. The first-order valence-corrected chi connectivity index (χ1v) is 7.30. The molecule has 0 amide bonds. The third-order valence-electron chi connectivity index (χ3n) is 3.20.